The van der Waals surface area contributed by atoms with Gasteiger partial charge in [-0.2, -0.15) is 0 Å². The van der Waals surface area contributed by atoms with Gasteiger partial charge >= 0.3 is 0 Å². The van der Waals surface area contributed by atoms with Gasteiger partial charge in [-0.25, -0.2) is 0 Å². The van der Waals surface area contributed by atoms with Gasteiger partial charge in [0.1, 0.15) is 11.2 Å². The summed E-state index contributed by atoms with van der Waals surface area (Å²) in [4.78, 5) is 11.6. The van der Waals surface area contributed by atoms with Crippen molar-refractivity contribution in [1.29, 1.82) is 0 Å². The van der Waals surface area contributed by atoms with Crippen molar-refractivity contribution in [3.63, 3.8) is 0 Å². The molecule has 1 rings (SSSR count). The second-order valence-corrected chi connectivity index (χ2v) is 3.06. The summed E-state index contributed by atoms with van der Waals surface area (Å²) in [6.45, 7) is 7.09. The molecule has 0 spiro atoms. The second kappa shape index (κ2) is 5.37. The molecule has 15 heavy (non-hydrogen) atoms. The lowest BCUT2D eigenvalue weighted by Gasteiger charge is -1.94. The molecule has 1 aromatic heterocycles. The largest absolute Gasteiger partial charge is 0.460 e. The fourth-order valence-corrected chi connectivity index (χ4v) is 1.28. The summed E-state index contributed by atoms with van der Waals surface area (Å²) >= 11 is 5.60. The number of hydrogen-bond donors (Lipinski definition) is 0. The van der Waals surface area contributed by atoms with E-state index in [0.717, 1.165) is 0 Å². The summed E-state index contributed by atoms with van der Waals surface area (Å²) in [7, 11) is 0. The Labute approximate surface area is 92.5 Å². The molecule has 0 saturated carbocycles. The Morgan fingerprint density at radius 2 is 2.00 bits per heavy atom. The van der Waals surface area contributed by atoms with Gasteiger partial charge in [0.15, 0.2) is 5.43 Å². The average molecular weight is 223 g/mol. The Hall–Kier alpha value is -1.54. The molecule has 1 aromatic rings. The van der Waals surface area contributed by atoms with Gasteiger partial charge < -0.3 is 4.42 Å². The summed E-state index contributed by atoms with van der Waals surface area (Å²) in [5, 5.41) is 0.457. The third kappa shape index (κ3) is 2.70. The Balaban J connectivity index is 3.73. The summed E-state index contributed by atoms with van der Waals surface area (Å²) < 4.78 is 5.39. The molecule has 3 heteroatoms. The lowest BCUT2D eigenvalue weighted by Crippen LogP contribution is -2.38. The lowest BCUT2D eigenvalue weighted by atomic mass is 10.3. The van der Waals surface area contributed by atoms with Crippen molar-refractivity contribution in [1.82, 2.24) is 0 Å². The van der Waals surface area contributed by atoms with E-state index in [1.54, 1.807) is 18.2 Å². The van der Waals surface area contributed by atoms with Crippen molar-refractivity contribution in [2.75, 3.05) is 0 Å². The molecule has 0 aliphatic heterocycles. The predicted octanol–water partition coefficient (Wildman–Crippen LogP) is 1.31. The van der Waals surface area contributed by atoms with E-state index in [4.69, 9.17) is 16.0 Å². The molecule has 2 nitrogen and oxygen atoms in total. The smallest absolute Gasteiger partial charge is 0.192 e. The van der Waals surface area contributed by atoms with E-state index < -0.39 is 0 Å². The van der Waals surface area contributed by atoms with Crippen molar-refractivity contribution in [3.8, 4) is 0 Å². The molecule has 0 fully saturated rings. The van der Waals surface area contributed by atoms with Crippen LogP contribution in [0.2, 0.25) is 0 Å². The van der Waals surface area contributed by atoms with Gasteiger partial charge in [-0.05, 0) is 12.2 Å². The van der Waals surface area contributed by atoms with Crippen LogP contribution in [0.1, 0.15) is 5.76 Å². The third-order valence-electron chi connectivity index (χ3n) is 1.75. The first-order valence-electron chi connectivity index (χ1n) is 4.37. The van der Waals surface area contributed by atoms with Crippen LogP contribution < -0.4 is 16.1 Å². The van der Waals surface area contributed by atoms with E-state index >= 15 is 0 Å². The van der Waals surface area contributed by atoms with Crippen LogP contribution in [0.25, 0.3) is 12.2 Å². The van der Waals surface area contributed by atoms with Crippen LogP contribution in [0.4, 0.5) is 0 Å². The highest BCUT2D eigenvalue weighted by Gasteiger charge is 1.98. The molecule has 0 N–H and O–H groups in total. The van der Waals surface area contributed by atoms with Crippen LogP contribution in [0.5, 0.6) is 0 Å². The quantitative estimate of drug-likeness (QED) is 0.722. The molecule has 0 aliphatic carbocycles. The second-order valence-electron chi connectivity index (χ2n) is 2.79. The van der Waals surface area contributed by atoms with Crippen molar-refractivity contribution in [3.05, 3.63) is 58.0 Å². The summed E-state index contributed by atoms with van der Waals surface area (Å²) in [6.07, 6.45) is 6.30. The highest BCUT2D eigenvalue weighted by atomic mass is 35.5. The summed E-state index contributed by atoms with van der Waals surface area (Å²) in [5.74, 6) is 0.609. The van der Waals surface area contributed by atoms with E-state index in [-0.39, 0.29) is 11.3 Å². The maximum Gasteiger partial charge on any atom is 0.192 e. The SMILES string of the molecule is C=C/C=c1/oc(CCl)cc(=O)/c1=C/C=C. The fraction of sp³-hybridized carbons (Fsp3) is 0.0833. The molecule has 0 bridgehead atoms. The zero-order chi connectivity index (χ0) is 11.3. The van der Waals surface area contributed by atoms with Crippen molar-refractivity contribution in [2.45, 2.75) is 5.88 Å². The van der Waals surface area contributed by atoms with Gasteiger partial charge in [0.2, 0.25) is 0 Å². The molecule has 1 heterocycles. The van der Waals surface area contributed by atoms with Crippen molar-refractivity contribution in [2.24, 2.45) is 0 Å². The van der Waals surface area contributed by atoms with Gasteiger partial charge in [-0.1, -0.05) is 25.3 Å². The summed E-state index contributed by atoms with van der Waals surface area (Å²) in [5.41, 5.74) is 0.318. The minimum absolute atomic E-state index is 0.134. The Morgan fingerprint density at radius 3 is 2.53 bits per heavy atom. The molecule has 0 aromatic carbocycles. The van der Waals surface area contributed by atoms with Crippen LogP contribution in [-0.4, -0.2) is 0 Å². The van der Waals surface area contributed by atoms with Crippen LogP contribution in [0, 0.1) is 0 Å². The maximum absolute atomic E-state index is 11.6. The maximum atomic E-state index is 11.6. The van der Waals surface area contributed by atoms with Gasteiger partial charge in [-0.3, -0.25) is 4.79 Å². The van der Waals surface area contributed by atoms with Crippen LogP contribution in [-0.2, 0) is 5.88 Å². The van der Waals surface area contributed by atoms with Gasteiger partial charge in [-0.15, -0.1) is 11.6 Å². The molecular weight excluding hydrogens is 212 g/mol. The molecule has 78 valence electrons. The van der Waals surface area contributed by atoms with Crippen LogP contribution in [0.15, 0.2) is 40.6 Å². The predicted molar refractivity (Wildman–Crippen MR) is 63.1 cm³/mol. The molecule has 0 atom stereocenters. The van der Waals surface area contributed by atoms with Crippen molar-refractivity contribution < 1.29 is 4.42 Å². The molecule has 0 unspecified atom stereocenters. The van der Waals surface area contributed by atoms with E-state index in [9.17, 15) is 4.79 Å². The molecule has 0 saturated heterocycles. The Bertz CT molecular complexity index is 538. The van der Waals surface area contributed by atoms with Crippen molar-refractivity contribution >= 4 is 23.8 Å². The number of alkyl halides is 1. The first-order valence-corrected chi connectivity index (χ1v) is 4.91. The monoisotopic (exact) mass is 222 g/mol. The average Bonchev–Trinajstić information content (AvgIpc) is 2.23. The van der Waals surface area contributed by atoms with Gasteiger partial charge in [0.25, 0.3) is 0 Å². The zero-order valence-electron chi connectivity index (χ0n) is 8.20. The van der Waals surface area contributed by atoms with E-state index in [1.165, 1.54) is 12.1 Å². The molecule has 0 amide bonds. The van der Waals surface area contributed by atoms with Crippen LogP contribution in [0.3, 0.4) is 0 Å². The normalized spacial score (nSPS) is 12.9. The number of rotatable bonds is 3. The van der Waals surface area contributed by atoms with Gasteiger partial charge in [0, 0.05) is 6.07 Å². The molecule has 0 radical (unpaired) electrons. The molecular formula is C12H11ClO2. The first-order chi connectivity index (χ1) is 7.22. The molecule has 0 aliphatic rings. The van der Waals surface area contributed by atoms with Gasteiger partial charge in [0.05, 0.1) is 11.1 Å². The Kier molecular flexibility index (Phi) is 4.13. The lowest BCUT2D eigenvalue weighted by molar-refractivity contribution is 0.473. The topological polar surface area (TPSA) is 30.2 Å². The van der Waals surface area contributed by atoms with E-state index in [2.05, 4.69) is 13.2 Å². The standard InChI is InChI=1S/C12H11ClO2/c1-3-5-10-11(14)7-9(8-13)15-12(10)6-4-2/h3-7H,1-2,8H2/b10-5-,12-6+. The minimum atomic E-state index is -0.134. The third-order valence-corrected chi connectivity index (χ3v) is 2.01. The number of halogens is 1. The highest BCUT2D eigenvalue weighted by Crippen LogP contribution is 1.94. The first kappa shape index (κ1) is 11.5. The Morgan fingerprint density at radius 1 is 1.33 bits per heavy atom. The van der Waals surface area contributed by atoms with E-state index in [0.29, 0.717) is 16.4 Å². The van der Waals surface area contributed by atoms with E-state index in [1.807, 2.05) is 0 Å². The zero-order valence-corrected chi connectivity index (χ0v) is 8.96. The highest BCUT2D eigenvalue weighted by molar-refractivity contribution is 6.16. The number of hydrogen-bond acceptors (Lipinski definition) is 2. The number of allylic oxidation sites excluding steroid dienone is 2. The fourth-order valence-electron chi connectivity index (χ4n) is 1.15. The summed E-state index contributed by atoms with van der Waals surface area (Å²) in [6, 6.07) is 1.38. The minimum Gasteiger partial charge on any atom is -0.460 e. The van der Waals surface area contributed by atoms with Crippen LogP contribution >= 0.6 is 11.6 Å².